The zero-order valence-electron chi connectivity index (χ0n) is 7.86. The van der Waals surface area contributed by atoms with E-state index in [-0.39, 0.29) is 11.5 Å². The van der Waals surface area contributed by atoms with Crippen LogP contribution in [0.5, 0.6) is 11.5 Å². The predicted octanol–water partition coefficient (Wildman–Crippen LogP) is 2.73. The molecule has 0 saturated carbocycles. The van der Waals surface area contributed by atoms with Gasteiger partial charge in [-0.3, -0.25) is 0 Å². The lowest BCUT2D eigenvalue weighted by molar-refractivity contribution is 0.476. The van der Waals surface area contributed by atoms with E-state index < -0.39 is 0 Å². The Bertz CT molecular complexity index is 655. The number of hydrogen-bond donors (Lipinski definition) is 3. The van der Waals surface area contributed by atoms with Gasteiger partial charge in [0.1, 0.15) is 11.5 Å². The van der Waals surface area contributed by atoms with Crippen molar-refractivity contribution < 1.29 is 10.2 Å². The maximum atomic E-state index is 9.65. The molecule has 1 heterocycles. The second-order valence-electron chi connectivity index (χ2n) is 3.55. The Labute approximate surface area is 85.6 Å². The first-order valence-corrected chi connectivity index (χ1v) is 4.68. The molecule has 74 valence electrons. The lowest BCUT2D eigenvalue weighted by atomic mass is 10.1. The lowest BCUT2D eigenvalue weighted by Crippen LogP contribution is -1.68. The van der Waals surface area contributed by atoms with Crippen LogP contribution in [0.15, 0.2) is 36.4 Å². The van der Waals surface area contributed by atoms with Crippen LogP contribution in [0.1, 0.15) is 0 Å². The van der Waals surface area contributed by atoms with E-state index in [1.165, 1.54) is 0 Å². The number of aromatic hydroxyl groups is 2. The van der Waals surface area contributed by atoms with Crippen LogP contribution in [0.3, 0.4) is 0 Å². The number of phenols is 2. The number of rotatable bonds is 0. The molecule has 0 spiro atoms. The maximum Gasteiger partial charge on any atom is 0.139 e. The summed E-state index contributed by atoms with van der Waals surface area (Å²) in [6.45, 7) is 0. The highest BCUT2D eigenvalue weighted by Gasteiger charge is 2.06. The Balaban J connectivity index is 2.57. The maximum absolute atomic E-state index is 9.65. The Kier molecular flexibility index (Phi) is 1.45. The van der Waals surface area contributed by atoms with E-state index in [4.69, 9.17) is 0 Å². The minimum atomic E-state index is 0.216. The molecular weight excluding hydrogens is 190 g/mol. The normalized spacial score (nSPS) is 11.2. The number of fused-ring (bicyclic) bond motifs is 3. The van der Waals surface area contributed by atoms with Gasteiger partial charge in [0.15, 0.2) is 0 Å². The molecule has 0 aliphatic heterocycles. The van der Waals surface area contributed by atoms with Gasteiger partial charge in [-0.05, 0) is 18.2 Å². The number of aromatic amines is 1. The molecule has 0 fully saturated rings. The van der Waals surface area contributed by atoms with Crippen molar-refractivity contribution in [3.63, 3.8) is 0 Å². The minimum Gasteiger partial charge on any atom is -0.508 e. The molecule has 0 amide bonds. The Morgan fingerprint density at radius 3 is 2.67 bits per heavy atom. The summed E-state index contributed by atoms with van der Waals surface area (Å²) >= 11 is 0. The number of phenolic OH excluding ortho intramolecular Hbond substituents is 2. The Hall–Kier alpha value is -2.16. The number of nitrogens with one attached hydrogen (secondary N) is 1. The molecule has 3 nitrogen and oxygen atoms in total. The van der Waals surface area contributed by atoms with Crippen molar-refractivity contribution in [2.24, 2.45) is 0 Å². The molecule has 0 unspecified atom stereocenters. The van der Waals surface area contributed by atoms with Crippen LogP contribution in [0.4, 0.5) is 0 Å². The second kappa shape index (κ2) is 2.67. The second-order valence-corrected chi connectivity index (χ2v) is 3.55. The van der Waals surface area contributed by atoms with Gasteiger partial charge in [0.25, 0.3) is 0 Å². The summed E-state index contributed by atoms with van der Waals surface area (Å²) < 4.78 is 0. The zero-order chi connectivity index (χ0) is 10.4. The molecule has 0 aliphatic carbocycles. The van der Waals surface area contributed by atoms with Crippen molar-refractivity contribution in [1.29, 1.82) is 0 Å². The van der Waals surface area contributed by atoms with Gasteiger partial charge in [-0.25, -0.2) is 0 Å². The first kappa shape index (κ1) is 8.17. The van der Waals surface area contributed by atoms with Crippen LogP contribution in [-0.4, -0.2) is 15.2 Å². The van der Waals surface area contributed by atoms with E-state index in [0.29, 0.717) is 5.52 Å². The third kappa shape index (κ3) is 1.06. The van der Waals surface area contributed by atoms with E-state index in [1.807, 2.05) is 12.1 Å². The van der Waals surface area contributed by atoms with Crippen LogP contribution in [0.2, 0.25) is 0 Å². The lowest BCUT2D eigenvalue weighted by Gasteiger charge is -1.93. The number of hydrogen-bond acceptors (Lipinski definition) is 2. The summed E-state index contributed by atoms with van der Waals surface area (Å²) in [4.78, 5) is 3.08. The average molecular weight is 199 g/mol. The largest absolute Gasteiger partial charge is 0.508 e. The molecule has 0 saturated heterocycles. The van der Waals surface area contributed by atoms with Crippen LogP contribution in [0.25, 0.3) is 21.8 Å². The number of para-hydroxylation sites is 1. The summed E-state index contributed by atoms with van der Waals surface area (Å²) in [7, 11) is 0. The molecule has 3 rings (SSSR count). The van der Waals surface area contributed by atoms with E-state index >= 15 is 0 Å². The van der Waals surface area contributed by atoms with Crippen molar-refractivity contribution in [2.75, 3.05) is 0 Å². The molecular formula is C12H9NO2. The third-order valence-corrected chi connectivity index (χ3v) is 2.60. The standard InChI is InChI=1S/C12H9NO2/c14-7-4-5-8-9-2-1-3-11(15)12(9)13-10(8)6-7/h1-6,13-15H. The number of benzene rings is 2. The SMILES string of the molecule is Oc1ccc2c(c1)[nH]c1c(O)cccc12. The van der Waals surface area contributed by atoms with Crippen molar-refractivity contribution >= 4 is 21.8 Å². The molecule has 3 N–H and O–H groups in total. The summed E-state index contributed by atoms with van der Waals surface area (Å²) in [5.74, 6) is 0.441. The van der Waals surface area contributed by atoms with Gasteiger partial charge in [-0.2, -0.15) is 0 Å². The smallest absolute Gasteiger partial charge is 0.139 e. The highest BCUT2D eigenvalue weighted by Crippen LogP contribution is 2.32. The first-order valence-electron chi connectivity index (χ1n) is 4.68. The molecule has 3 heteroatoms. The molecule has 0 bridgehead atoms. The van der Waals surface area contributed by atoms with E-state index in [2.05, 4.69) is 4.98 Å². The first-order chi connectivity index (χ1) is 7.25. The van der Waals surface area contributed by atoms with Crippen LogP contribution < -0.4 is 0 Å². The van der Waals surface area contributed by atoms with Crippen molar-refractivity contribution in [2.45, 2.75) is 0 Å². The van der Waals surface area contributed by atoms with Crippen LogP contribution >= 0.6 is 0 Å². The van der Waals surface area contributed by atoms with Crippen LogP contribution in [-0.2, 0) is 0 Å². The summed E-state index contributed by atoms with van der Waals surface area (Å²) in [6, 6.07) is 10.5. The number of aromatic nitrogens is 1. The Morgan fingerprint density at radius 1 is 0.933 bits per heavy atom. The van der Waals surface area contributed by atoms with E-state index in [9.17, 15) is 10.2 Å². The fourth-order valence-corrected chi connectivity index (χ4v) is 1.90. The highest BCUT2D eigenvalue weighted by molar-refractivity contribution is 6.09. The molecule has 0 radical (unpaired) electrons. The number of H-pyrrole nitrogens is 1. The van der Waals surface area contributed by atoms with Gasteiger partial charge >= 0.3 is 0 Å². The van der Waals surface area contributed by atoms with Gasteiger partial charge in [-0.1, -0.05) is 12.1 Å². The van der Waals surface area contributed by atoms with Gasteiger partial charge in [0.2, 0.25) is 0 Å². The van der Waals surface area contributed by atoms with Crippen molar-refractivity contribution in [3.8, 4) is 11.5 Å². The summed E-state index contributed by atoms with van der Waals surface area (Å²) in [6.07, 6.45) is 0. The fraction of sp³-hybridized carbons (Fsp3) is 0. The predicted molar refractivity (Wildman–Crippen MR) is 59.1 cm³/mol. The molecule has 1 aromatic heterocycles. The van der Waals surface area contributed by atoms with Gasteiger partial charge < -0.3 is 15.2 Å². The molecule has 3 aromatic rings. The summed E-state index contributed by atoms with van der Waals surface area (Å²) in [5, 5.41) is 21.0. The zero-order valence-corrected chi connectivity index (χ0v) is 7.86. The Morgan fingerprint density at radius 2 is 1.80 bits per heavy atom. The third-order valence-electron chi connectivity index (χ3n) is 2.60. The topological polar surface area (TPSA) is 56.2 Å². The van der Waals surface area contributed by atoms with Crippen LogP contribution in [0, 0.1) is 0 Å². The fourth-order valence-electron chi connectivity index (χ4n) is 1.90. The van der Waals surface area contributed by atoms with Gasteiger partial charge in [0, 0.05) is 16.8 Å². The quantitative estimate of drug-likeness (QED) is 0.521. The molecule has 0 aliphatic rings. The van der Waals surface area contributed by atoms with Crippen molar-refractivity contribution in [1.82, 2.24) is 4.98 Å². The minimum absolute atomic E-state index is 0.216. The molecule has 15 heavy (non-hydrogen) atoms. The van der Waals surface area contributed by atoms with Gasteiger partial charge in [-0.15, -0.1) is 0 Å². The van der Waals surface area contributed by atoms with E-state index in [1.54, 1.807) is 24.3 Å². The van der Waals surface area contributed by atoms with E-state index in [0.717, 1.165) is 16.3 Å². The molecule has 2 aromatic carbocycles. The van der Waals surface area contributed by atoms with Crippen molar-refractivity contribution in [3.05, 3.63) is 36.4 Å². The molecule has 0 atom stereocenters. The average Bonchev–Trinajstić information content (AvgIpc) is 2.57. The highest BCUT2D eigenvalue weighted by atomic mass is 16.3. The summed E-state index contributed by atoms with van der Waals surface area (Å²) in [5.41, 5.74) is 1.53. The van der Waals surface area contributed by atoms with Gasteiger partial charge in [0.05, 0.1) is 11.0 Å². The monoisotopic (exact) mass is 199 g/mol.